The molecular formula is C38H32B2N4. The van der Waals surface area contributed by atoms with Crippen LogP contribution in [0.25, 0.3) is 43.1 Å². The van der Waals surface area contributed by atoms with Gasteiger partial charge in [0.25, 0.3) is 0 Å². The van der Waals surface area contributed by atoms with Gasteiger partial charge in [-0.1, -0.05) is 97.1 Å². The molecule has 7 aromatic carbocycles. The molecular weight excluding hydrogens is 534 g/mol. The molecule has 4 nitrogen and oxygen atoms in total. The lowest BCUT2D eigenvalue weighted by molar-refractivity contribution is 1.19. The summed E-state index contributed by atoms with van der Waals surface area (Å²) in [6, 6.07) is 44.9. The maximum Gasteiger partial charge on any atom is 0.412 e. The van der Waals surface area contributed by atoms with Crippen molar-refractivity contribution in [2.75, 3.05) is 47.4 Å². The average Bonchev–Trinajstić information content (AvgIpc) is 3.06. The van der Waals surface area contributed by atoms with Gasteiger partial charge in [-0.05, 0) is 95.7 Å². The number of benzene rings is 7. The zero-order chi connectivity index (χ0) is 29.7. The van der Waals surface area contributed by atoms with E-state index >= 15 is 0 Å². The lowest BCUT2D eigenvalue weighted by atomic mass is 9.54. The van der Waals surface area contributed by atoms with Gasteiger partial charge in [-0.3, -0.25) is 0 Å². The third kappa shape index (κ3) is 3.26. The Bertz CT molecular complexity index is 1990. The number of nitrogens with zero attached hydrogens (tertiary/aromatic N) is 4. The van der Waals surface area contributed by atoms with Crippen LogP contribution in [0.3, 0.4) is 0 Å². The molecule has 9 rings (SSSR count). The highest BCUT2D eigenvalue weighted by Crippen LogP contribution is 2.42. The summed E-state index contributed by atoms with van der Waals surface area (Å²) >= 11 is 0. The average molecular weight is 566 g/mol. The van der Waals surface area contributed by atoms with Crippen molar-refractivity contribution in [2.45, 2.75) is 0 Å². The van der Waals surface area contributed by atoms with Crippen LogP contribution in [0.15, 0.2) is 121 Å². The molecule has 0 spiro atoms. The van der Waals surface area contributed by atoms with Crippen LogP contribution in [0.1, 0.15) is 0 Å². The molecule has 0 amide bonds. The van der Waals surface area contributed by atoms with Gasteiger partial charge in [0.15, 0.2) is 0 Å². The Morgan fingerprint density at radius 2 is 0.614 bits per heavy atom. The highest BCUT2D eigenvalue weighted by Gasteiger charge is 2.41. The van der Waals surface area contributed by atoms with E-state index in [4.69, 9.17) is 0 Å². The van der Waals surface area contributed by atoms with Gasteiger partial charge in [-0.15, -0.1) is 0 Å². The number of anilines is 4. The maximum absolute atomic E-state index is 2.47. The molecule has 2 aliphatic rings. The molecule has 2 heterocycles. The van der Waals surface area contributed by atoms with E-state index in [1.165, 1.54) is 76.8 Å². The lowest BCUT2D eigenvalue weighted by Gasteiger charge is -2.43. The van der Waals surface area contributed by atoms with E-state index in [9.17, 15) is 0 Å². The molecule has 44 heavy (non-hydrogen) atoms. The number of hydrogen-bond donors (Lipinski definition) is 0. The first-order chi connectivity index (χ1) is 21.5. The third-order valence-corrected chi connectivity index (χ3v) is 10.2. The van der Waals surface area contributed by atoms with Gasteiger partial charge in [0.2, 0.25) is 0 Å². The quantitative estimate of drug-likeness (QED) is 0.168. The van der Waals surface area contributed by atoms with Crippen LogP contribution < -0.4 is 30.2 Å². The molecule has 0 atom stereocenters. The van der Waals surface area contributed by atoms with Crippen LogP contribution >= 0.6 is 0 Å². The Morgan fingerprint density at radius 1 is 0.341 bits per heavy atom. The highest BCUT2D eigenvalue weighted by atomic mass is 15.2. The van der Waals surface area contributed by atoms with Crippen molar-refractivity contribution in [1.82, 2.24) is 0 Å². The summed E-state index contributed by atoms with van der Waals surface area (Å²) in [5.74, 6) is 0. The van der Waals surface area contributed by atoms with Gasteiger partial charge in [-0.2, -0.15) is 0 Å². The molecule has 0 N–H and O–H groups in total. The van der Waals surface area contributed by atoms with Crippen molar-refractivity contribution in [2.24, 2.45) is 0 Å². The summed E-state index contributed by atoms with van der Waals surface area (Å²) in [6.07, 6.45) is 0. The molecule has 2 aliphatic heterocycles. The summed E-state index contributed by atoms with van der Waals surface area (Å²) in [7, 11) is 9.01. The van der Waals surface area contributed by atoms with Crippen LogP contribution in [0, 0.1) is 0 Å². The Balaban J connectivity index is 1.33. The Kier molecular flexibility index (Phi) is 5.32. The van der Waals surface area contributed by atoms with Gasteiger partial charge in [-0.25, -0.2) is 0 Å². The second-order valence-corrected chi connectivity index (χ2v) is 12.4. The summed E-state index contributed by atoms with van der Waals surface area (Å²) < 4.78 is 0. The third-order valence-electron chi connectivity index (χ3n) is 10.2. The predicted octanol–water partition coefficient (Wildman–Crippen LogP) is 6.86. The van der Waals surface area contributed by atoms with Crippen molar-refractivity contribution >= 4 is 90.7 Å². The van der Waals surface area contributed by atoms with E-state index in [1.54, 1.807) is 0 Å². The van der Waals surface area contributed by atoms with Gasteiger partial charge in [0.05, 0.1) is 0 Å². The molecule has 0 saturated carbocycles. The fraction of sp³-hybridized carbons (Fsp3) is 0.105. The molecule has 0 unspecified atom stereocenters. The zero-order valence-corrected chi connectivity index (χ0v) is 25.5. The normalized spacial score (nSPS) is 14.5. The van der Waals surface area contributed by atoms with Gasteiger partial charge >= 0.3 is 14.0 Å². The fourth-order valence-electron chi connectivity index (χ4n) is 8.35. The smallest absolute Gasteiger partial charge is 0.394 e. The van der Waals surface area contributed by atoms with Crippen molar-refractivity contribution in [3.63, 3.8) is 0 Å². The molecule has 7 aromatic rings. The van der Waals surface area contributed by atoms with E-state index in [1.807, 2.05) is 0 Å². The largest absolute Gasteiger partial charge is 0.412 e. The predicted molar refractivity (Wildman–Crippen MR) is 194 cm³/mol. The van der Waals surface area contributed by atoms with Crippen LogP contribution in [-0.2, 0) is 0 Å². The van der Waals surface area contributed by atoms with Crippen molar-refractivity contribution in [3.8, 4) is 0 Å². The first-order valence-corrected chi connectivity index (χ1v) is 15.4. The zero-order valence-electron chi connectivity index (χ0n) is 25.5. The number of rotatable bonds is 2. The molecule has 210 valence electrons. The summed E-state index contributed by atoms with van der Waals surface area (Å²) in [4.78, 5) is 9.89. The topological polar surface area (TPSA) is 13.0 Å². The lowest BCUT2D eigenvalue weighted by Crippen LogP contribution is -2.62. The molecule has 0 fully saturated rings. The second-order valence-electron chi connectivity index (χ2n) is 12.4. The minimum absolute atomic E-state index is 0.0237. The van der Waals surface area contributed by atoms with Crippen molar-refractivity contribution < 1.29 is 0 Å². The SMILES string of the molecule is CN1B(c2c3ccccc3c(B3N(C)c4cccc5cccc(c45)N3C)c3ccccc23)N(C)c2cccc3cccc1c23. The standard InChI is InChI=1S/C38H32B2N4/c1-41-31-21-9-13-25-14-10-22-32(35(25)31)42(2)39(41)37-27-17-5-7-19-29(27)38(30-20-8-6-18-28(30)37)40-43(3)33-23-11-15-26-16-12-24-34(36(26)33)44(40)4/h5-24H,1-4H3. The van der Waals surface area contributed by atoms with E-state index < -0.39 is 0 Å². The Morgan fingerprint density at radius 3 is 0.886 bits per heavy atom. The van der Waals surface area contributed by atoms with Crippen LogP contribution in [-0.4, -0.2) is 42.2 Å². The maximum atomic E-state index is 2.47. The minimum Gasteiger partial charge on any atom is -0.394 e. The first-order valence-electron chi connectivity index (χ1n) is 15.4. The van der Waals surface area contributed by atoms with Crippen molar-refractivity contribution in [3.05, 3.63) is 121 Å². The fourth-order valence-corrected chi connectivity index (χ4v) is 8.35. The van der Waals surface area contributed by atoms with Crippen molar-refractivity contribution in [1.29, 1.82) is 0 Å². The molecule has 0 aromatic heterocycles. The van der Waals surface area contributed by atoms with Crippen LogP contribution in [0.4, 0.5) is 22.7 Å². The van der Waals surface area contributed by atoms with Crippen LogP contribution in [0.5, 0.6) is 0 Å². The second kappa shape index (κ2) is 9.20. The molecule has 0 aliphatic carbocycles. The van der Waals surface area contributed by atoms with Gasteiger partial charge < -0.3 is 19.2 Å². The van der Waals surface area contributed by atoms with Crippen LogP contribution in [0.2, 0.25) is 0 Å². The Labute approximate surface area is 258 Å². The number of fused-ring (bicyclic) bond motifs is 2. The Hall–Kier alpha value is -5.09. The minimum atomic E-state index is 0.0237. The van der Waals surface area contributed by atoms with E-state index in [2.05, 4.69) is 169 Å². The van der Waals surface area contributed by atoms with E-state index in [0.29, 0.717) is 0 Å². The summed E-state index contributed by atoms with van der Waals surface area (Å²) in [6.45, 7) is 0.0475. The molecule has 0 bridgehead atoms. The van der Waals surface area contributed by atoms with E-state index in [-0.39, 0.29) is 14.0 Å². The monoisotopic (exact) mass is 566 g/mol. The molecule has 6 heteroatoms. The van der Waals surface area contributed by atoms with Gasteiger partial charge in [0, 0.05) is 33.5 Å². The first kappa shape index (κ1) is 25.4. The number of hydrogen-bond acceptors (Lipinski definition) is 4. The van der Waals surface area contributed by atoms with Gasteiger partial charge in [0.1, 0.15) is 0 Å². The highest BCUT2D eigenvalue weighted by molar-refractivity contribution is 6.88. The molecule has 0 radical (unpaired) electrons. The summed E-state index contributed by atoms with van der Waals surface area (Å²) in [5, 5.41) is 10.4. The van der Waals surface area contributed by atoms with E-state index in [0.717, 1.165) is 0 Å². The molecule has 0 saturated heterocycles. The summed E-state index contributed by atoms with van der Waals surface area (Å²) in [5.41, 5.74) is 7.79.